The summed E-state index contributed by atoms with van der Waals surface area (Å²) in [5.74, 6) is -1.09. The predicted octanol–water partition coefficient (Wildman–Crippen LogP) is 2.29. The highest BCUT2D eigenvalue weighted by Crippen LogP contribution is 2.23. The molecule has 0 unspecified atom stereocenters. The Hall–Kier alpha value is -1.82. The zero-order valence-corrected chi connectivity index (χ0v) is 12.6. The fraction of sp³-hybridized carbons (Fsp3) is 0.357. The largest absolute Gasteiger partial charge is 0.478 e. The molecule has 0 bridgehead atoms. The Morgan fingerprint density at radius 2 is 2.00 bits per heavy atom. The average Bonchev–Trinajstić information content (AvgIpc) is 2.37. The van der Waals surface area contributed by atoms with Crippen molar-refractivity contribution in [2.45, 2.75) is 25.5 Å². The maximum absolute atomic E-state index is 12.1. The molecule has 5 nitrogen and oxygen atoms in total. The third-order valence-corrected chi connectivity index (χ3v) is 5.11. The first-order valence-corrected chi connectivity index (χ1v) is 7.66. The summed E-state index contributed by atoms with van der Waals surface area (Å²) in [6.45, 7) is 6.76. The molecule has 1 N–H and O–H groups in total. The summed E-state index contributed by atoms with van der Waals surface area (Å²) < 4.78 is 25.4. The highest BCUT2D eigenvalue weighted by Gasteiger charge is 2.23. The van der Waals surface area contributed by atoms with Crippen LogP contribution in [0.15, 0.2) is 30.9 Å². The van der Waals surface area contributed by atoms with Gasteiger partial charge in [0.25, 0.3) is 0 Å². The molecular formula is C14H19NO4S. The van der Waals surface area contributed by atoms with Crippen molar-refractivity contribution in [2.75, 3.05) is 11.4 Å². The van der Waals surface area contributed by atoms with Gasteiger partial charge in [-0.05, 0) is 44.0 Å². The zero-order valence-electron chi connectivity index (χ0n) is 11.8. The van der Waals surface area contributed by atoms with Crippen LogP contribution in [0.2, 0.25) is 0 Å². The molecule has 0 spiro atoms. The van der Waals surface area contributed by atoms with Crippen LogP contribution < -0.4 is 4.31 Å². The van der Waals surface area contributed by atoms with Gasteiger partial charge in [0, 0.05) is 7.05 Å². The number of rotatable bonds is 6. The topological polar surface area (TPSA) is 74.7 Å². The second-order valence-corrected chi connectivity index (χ2v) is 7.27. The maximum atomic E-state index is 12.1. The number of hydrogen-bond donors (Lipinski definition) is 1. The van der Waals surface area contributed by atoms with Crippen LogP contribution in [0.3, 0.4) is 0 Å². The van der Waals surface area contributed by atoms with Crippen LogP contribution in [-0.2, 0) is 16.4 Å². The minimum atomic E-state index is -3.49. The van der Waals surface area contributed by atoms with Crippen LogP contribution in [-0.4, -0.2) is 31.8 Å². The van der Waals surface area contributed by atoms with Gasteiger partial charge in [-0.1, -0.05) is 6.08 Å². The molecule has 0 fully saturated rings. The number of anilines is 1. The molecular weight excluding hydrogens is 278 g/mol. The first-order valence-electron chi connectivity index (χ1n) is 6.16. The maximum Gasteiger partial charge on any atom is 0.335 e. The van der Waals surface area contributed by atoms with Crippen LogP contribution in [0.5, 0.6) is 0 Å². The highest BCUT2D eigenvalue weighted by molar-refractivity contribution is 7.93. The normalized spacial score (nSPS) is 11.4. The monoisotopic (exact) mass is 297 g/mol. The Kier molecular flexibility index (Phi) is 4.94. The molecule has 1 rings (SSSR count). The average molecular weight is 297 g/mol. The second-order valence-electron chi connectivity index (χ2n) is 4.75. The van der Waals surface area contributed by atoms with Gasteiger partial charge in [-0.25, -0.2) is 13.2 Å². The first kappa shape index (κ1) is 16.2. The molecule has 0 aliphatic rings. The van der Waals surface area contributed by atoms with E-state index in [9.17, 15) is 13.2 Å². The predicted molar refractivity (Wildman–Crippen MR) is 79.8 cm³/mol. The Bertz CT molecular complexity index is 620. The lowest BCUT2D eigenvalue weighted by Gasteiger charge is -2.22. The number of hydrogen-bond acceptors (Lipinski definition) is 3. The van der Waals surface area contributed by atoms with E-state index in [0.717, 1.165) is 4.31 Å². The molecule has 1 aromatic carbocycles. The lowest BCUT2D eigenvalue weighted by molar-refractivity contribution is 0.0697. The Morgan fingerprint density at radius 3 is 2.45 bits per heavy atom. The van der Waals surface area contributed by atoms with Gasteiger partial charge in [0.15, 0.2) is 0 Å². The number of carbonyl (C=O) groups is 1. The first-order chi connectivity index (χ1) is 9.20. The van der Waals surface area contributed by atoms with Crippen molar-refractivity contribution in [3.63, 3.8) is 0 Å². The smallest absolute Gasteiger partial charge is 0.335 e. The van der Waals surface area contributed by atoms with Crippen molar-refractivity contribution in [2.24, 2.45) is 0 Å². The minimum Gasteiger partial charge on any atom is -0.478 e. The van der Waals surface area contributed by atoms with Crippen molar-refractivity contribution in [3.8, 4) is 0 Å². The van der Waals surface area contributed by atoms with Gasteiger partial charge in [-0.2, -0.15) is 0 Å². The van der Waals surface area contributed by atoms with E-state index < -0.39 is 21.2 Å². The van der Waals surface area contributed by atoms with Crippen LogP contribution in [0.4, 0.5) is 5.69 Å². The van der Waals surface area contributed by atoms with Gasteiger partial charge in [-0.15, -0.1) is 6.58 Å². The summed E-state index contributed by atoms with van der Waals surface area (Å²) >= 11 is 0. The zero-order chi connectivity index (χ0) is 15.5. The summed E-state index contributed by atoms with van der Waals surface area (Å²) in [6.07, 6.45) is 2.12. The number of nitrogens with zero attached hydrogens (tertiary/aromatic N) is 1. The summed E-state index contributed by atoms with van der Waals surface area (Å²) in [4.78, 5) is 11.1. The third-order valence-electron chi connectivity index (χ3n) is 2.95. The molecule has 0 radical (unpaired) electrons. The van der Waals surface area contributed by atoms with E-state index in [-0.39, 0.29) is 5.56 Å². The van der Waals surface area contributed by atoms with Gasteiger partial charge in [0.1, 0.15) is 0 Å². The molecule has 0 aliphatic carbocycles. The van der Waals surface area contributed by atoms with Gasteiger partial charge in [0.05, 0.1) is 16.5 Å². The van der Waals surface area contributed by atoms with E-state index >= 15 is 0 Å². The van der Waals surface area contributed by atoms with E-state index in [0.29, 0.717) is 17.7 Å². The lowest BCUT2D eigenvalue weighted by atomic mass is 10.1. The molecule has 0 amide bonds. The fourth-order valence-corrected chi connectivity index (χ4v) is 2.76. The van der Waals surface area contributed by atoms with E-state index in [1.54, 1.807) is 26.0 Å². The van der Waals surface area contributed by atoms with Crippen molar-refractivity contribution in [1.29, 1.82) is 0 Å². The van der Waals surface area contributed by atoms with Gasteiger partial charge >= 0.3 is 5.97 Å². The SMILES string of the molecule is C=CCc1cc(C(=O)O)cc(N(C)S(=O)(=O)C(C)C)c1. The molecule has 0 aromatic heterocycles. The minimum absolute atomic E-state index is 0.0603. The third kappa shape index (κ3) is 3.39. The van der Waals surface area contributed by atoms with E-state index in [1.807, 2.05) is 0 Å². The Morgan fingerprint density at radius 1 is 1.40 bits per heavy atom. The van der Waals surface area contributed by atoms with Crippen molar-refractivity contribution in [1.82, 2.24) is 0 Å². The lowest BCUT2D eigenvalue weighted by Crippen LogP contribution is -2.33. The summed E-state index contributed by atoms with van der Waals surface area (Å²) in [6, 6.07) is 4.53. The number of aromatic carboxylic acids is 1. The van der Waals surface area contributed by atoms with Crippen LogP contribution >= 0.6 is 0 Å². The van der Waals surface area contributed by atoms with Crippen molar-refractivity contribution in [3.05, 3.63) is 42.0 Å². The highest BCUT2D eigenvalue weighted by atomic mass is 32.2. The number of allylic oxidation sites excluding steroid dienone is 1. The van der Waals surface area contributed by atoms with Gasteiger partial charge in [-0.3, -0.25) is 4.31 Å². The molecule has 110 valence electrons. The molecule has 1 aromatic rings. The molecule has 0 saturated heterocycles. The van der Waals surface area contributed by atoms with E-state index in [2.05, 4.69) is 6.58 Å². The van der Waals surface area contributed by atoms with Crippen LogP contribution in [0.25, 0.3) is 0 Å². The summed E-state index contributed by atoms with van der Waals surface area (Å²) in [5.41, 5.74) is 1.11. The quantitative estimate of drug-likeness (QED) is 0.817. The standard InChI is InChI=1S/C14H19NO4S/c1-5-6-11-7-12(14(16)17)9-13(8-11)15(4)20(18,19)10(2)3/h5,7-10H,1,6H2,2-4H3,(H,16,17). The second kappa shape index (κ2) is 6.09. The molecule has 20 heavy (non-hydrogen) atoms. The van der Waals surface area contributed by atoms with E-state index in [4.69, 9.17) is 5.11 Å². The Labute approximate surface area is 119 Å². The number of benzene rings is 1. The molecule has 0 atom stereocenters. The van der Waals surface area contributed by atoms with Crippen molar-refractivity contribution < 1.29 is 18.3 Å². The molecule has 0 saturated carbocycles. The summed E-state index contributed by atoms with van der Waals surface area (Å²) in [5, 5.41) is 8.52. The fourth-order valence-electron chi connectivity index (χ4n) is 1.73. The number of sulfonamides is 1. The molecule has 6 heteroatoms. The van der Waals surface area contributed by atoms with Gasteiger partial charge in [0.2, 0.25) is 10.0 Å². The van der Waals surface area contributed by atoms with Gasteiger partial charge < -0.3 is 5.11 Å². The van der Waals surface area contributed by atoms with Crippen LogP contribution in [0, 0.1) is 0 Å². The molecule has 0 heterocycles. The van der Waals surface area contributed by atoms with E-state index in [1.165, 1.54) is 19.2 Å². The van der Waals surface area contributed by atoms with Crippen LogP contribution in [0.1, 0.15) is 29.8 Å². The van der Waals surface area contributed by atoms with Crippen molar-refractivity contribution >= 4 is 21.7 Å². The Balaban J connectivity index is 3.37. The molecule has 0 aliphatic heterocycles. The number of carboxylic acid groups (broad SMARTS) is 1. The summed E-state index contributed by atoms with van der Waals surface area (Å²) in [7, 11) is -2.06. The number of carboxylic acids is 1.